The topological polar surface area (TPSA) is 111 Å². The van der Waals surface area contributed by atoms with Gasteiger partial charge in [0.05, 0.1) is 20.3 Å². The van der Waals surface area contributed by atoms with Gasteiger partial charge in [-0.25, -0.2) is 9.18 Å². The summed E-state index contributed by atoms with van der Waals surface area (Å²) in [6.45, 7) is 0.184. The molecule has 3 N–H and O–H groups in total. The van der Waals surface area contributed by atoms with Crippen LogP contribution in [0.2, 0.25) is 0 Å². The summed E-state index contributed by atoms with van der Waals surface area (Å²) in [4.78, 5) is 26.2. The predicted octanol–water partition coefficient (Wildman–Crippen LogP) is 2.26. The second-order valence-electron chi connectivity index (χ2n) is 6.82. The van der Waals surface area contributed by atoms with E-state index in [9.17, 15) is 19.1 Å². The summed E-state index contributed by atoms with van der Waals surface area (Å²) in [6, 6.07) is 7.86. The highest BCUT2D eigenvalue weighted by Crippen LogP contribution is 2.34. The van der Waals surface area contributed by atoms with E-state index in [4.69, 9.17) is 19.9 Å². The van der Waals surface area contributed by atoms with Crippen molar-refractivity contribution in [1.29, 1.82) is 0 Å². The number of nitrogens with two attached hydrogens (primary N) is 1. The van der Waals surface area contributed by atoms with E-state index in [1.54, 1.807) is 6.07 Å². The van der Waals surface area contributed by atoms with E-state index < -0.39 is 29.8 Å². The van der Waals surface area contributed by atoms with Crippen LogP contribution in [0.1, 0.15) is 22.3 Å². The first kappa shape index (κ1) is 24.4. The van der Waals surface area contributed by atoms with Crippen LogP contribution in [0, 0.1) is 5.82 Å². The van der Waals surface area contributed by atoms with Crippen molar-refractivity contribution < 1.29 is 33.3 Å². The van der Waals surface area contributed by atoms with Crippen LogP contribution in [0.25, 0.3) is 0 Å². The Bertz CT molecular complexity index is 957. The van der Waals surface area contributed by atoms with E-state index in [-0.39, 0.29) is 49.0 Å². The zero-order valence-corrected chi connectivity index (χ0v) is 17.9. The van der Waals surface area contributed by atoms with Crippen molar-refractivity contribution in [2.24, 2.45) is 5.73 Å². The summed E-state index contributed by atoms with van der Waals surface area (Å²) in [6.07, 6.45) is -0.737. The molecule has 1 aliphatic heterocycles. The third-order valence-electron chi connectivity index (χ3n) is 4.88. The lowest BCUT2D eigenvalue weighted by molar-refractivity contribution is -0.145. The van der Waals surface area contributed by atoms with E-state index >= 15 is 0 Å². The Kier molecular flexibility index (Phi) is 8.21. The molecule has 0 aromatic heterocycles. The first-order chi connectivity index (χ1) is 14.4. The van der Waals surface area contributed by atoms with Gasteiger partial charge in [0.15, 0.2) is 23.1 Å². The normalized spacial score (nSPS) is 17.6. The van der Waals surface area contributed by atoms with Crippen LogP contribution in [-0.2, 0) is 16.1 Å². The average molecular weight is 455 g/mol. The molecule has 0 aliphatic carbocycles. The number of halogens is 2. The predicted molar refractivity (Wildman–Crippen MR) is 112 cm³/mol. The van der Waals surface area contributed by atoms with Crippen LogP contribution in [0.3, 0.4) is 0 Å². The smallest absolute Gasteiger partial charge is 0.328 e. The molecule has 0 bridgehead atoms. The molecule has 1 aliphatic rings. The molecule has 2 aromatic rings. The van der Waals surface area contributed by atoms with Crippen LogP contribution >= 0.6 is 12.4 Å². The minimum absolute atomic E-state index is 0. The Morgan fingerprint density at radius 3 is 2.48 bits per heavy atom. The molecule has 31 heavy (non-hydrogen) atoms. The van der Waals surface area contributed by atoms with Crippen LogP contribution < -0.4 is 15.2 Å². The van der Waals surface area contributed by atoms with E-state index in [0.717, 1.165) is 0 Å². The highest BCUT2D eigenvalue weighted by molar-refractivity contribution is 5.97. The molecule has 8 nitrogen and oxygen atoms in total. The monoisotopic (exact) mass is 454 g/mol. The van der Waals surface area contributed by atoms with Gasteiger partial charge in [-0.15, -0.1) is 12.4 Å². The zero-order valence-electron chi connectivity index (χ0n) is 17.0. The molecular formula is C21H24ClFN2O6. The summed E-state index contributed by atoms with van der Waals surface area (Å²) in [5.41, 5.74) is 6.31. The van der Waals surface area contributed by atoms with Crippen molar-refractivity contribution in [1.82, 2.24) is 4.90 Å². The third kappa shape index (κ3) is 5.25. The summed E-state index contributed by atoms with van der Waals surface area (Å²) in [5.74, 6) is -1.35. The first-order valence-corrected chi connectivity index (χ1v) is 9.29. The Labute approximate surface area is 185 Å². The Hall–Kier alpha value is -2.88. The SMILES string of the molecule is COC(=O)[C@@H]1C[C@@H](O)CN1C(=O)c1ccc(OC)c(Oc2ccc(CN)cc2F)c1.Cl. The molecule has 1 saturated heterocycles. The van der Waals surface area contributed by atoms with Gasteiger partial charge in [-0.05, 0) is 35.9 Å². The minimum atomic E-state index is -0.884. The highest BCUT2D eigenvalue weighted by Gasteiger charge is 2.40. The fourth-order valence-electron chi connectivity index (χ4n) is 3.33. The van der Waals surface area contributed by atoms with Gasteiger partial charge < -0.3 is 30.0 Å². The molecule has 10 heteroatoms. The number of rotatable bonds is 6. The van der Waals surface area contributed by atoms with Gasteiger partial charge in [-0.3, -0.25) is 4.79 Å². The quantitative estimate of drug-likeness (QED) is 0.644. The number of hydrogen-bond donors (Lipinski definition) is 2. The van der Waals surface area contributed by atoms with Crippen molar-refractivity contribution in [2.45, 2.75) is 25.1 Å². The van der Waals surface area contributed by atoms with E-state index in [1.165, 1.54) is 49.5 Å². The lowest BCUT2D eigenvalue weighted by Gasteiger charge is -2.23. The molecule has 0 saturated carbocycles. The zero-order chi connectivity index (χ0) is 21.8. The fourth-order valence-corrected chi connectivity index (χ4v) is 3.33. The molecule has 0 unspecified atom stereocenters. The Morgan fingerprint density at radius 1 is 1.16 bits per heavy atom. The van der Waals surface area contributed by atoms with Gasteiger partial charge in [0.25, 0.3) is 5.91 Å². The van der Waals surface area contributed by atoms with Crippen molar-refractivity contribution in [3.05, 3.63) is 53.3 Å². The molecule has 3 rings (SSSR count). The molecular weight excluding hydrogens is 431 g/mol. The molecule has 1 heterocycles. The lowest BCUT2D eigenvalue weighted by Crippen LogP contribution is -2.41. The third-order valence-corrected chi connectivity index (χ3v) is 4.88. The number of carbonyl (C=O) groups excluding carboxylic acids is 2. The largest absolute Gasteiger partial charge is 0.493 e. The second kappa shape index (κ2) is 10.4. The molecule has 168 valence electrons. The number of ether oxygens (including phenoxy) is 3. The molecule has 2 atom stereocenters. The van der Waals surface area contributed by atoms with Gasteiger partial charge in [0.1, 0.15) is 6.04 Å². The van der Waals surface area contributed by atoms with Gasteiger partial charge in [0, 0.05) is 25.1 Å². The van der Waals surface area contributed by atoms with E-state index in [0.29, 0.717) is 11.3 Å². The van der Waals surface area contributed by atoms with E-state index in [2.05, 4.69) is 0 Å². The molecule has 1 amide bonds. The molecule has 0 spiro atoms. The van der Waals surface area contributed by atoms with Gasteiger partial charge >= 0.3 is 5.97 Å². The van der Waals surface area contributed by atoms with Gasteiger partial charge in [-0.1, -0.05) is 6.07 Å². The van der Waals surface area contributed by atoms with Crippen LogP contribution in [0.15, 0.2) is 36.4 Å². The van der Waals surface area contributed by atoms with Gasteiger partial charge in [0.2, 0.25) is 0 Å². The van der Waals surface area contributed by atoms with Crippen LogP contribution in [0.4, 0.5) is 4.39 Å². The lowest BCUT2D eigenvalue weighted by atomic mass is 10.1. The maximum absolute atomic E-state index is 14.3. The number of hydrogen-bond acceptors (Lipinski definition) is 7. The number of esters is 1. The number of aliphatic hydroxyl groups excluding tert-OH is 1. The van der Waals surface area contributed by atoms with Crippen molar-refractivity contribution in [2.75, 3.05) is 20.8 Å². The van der Waals surface area contributed by atoms with Crippen LogP contribution in [0.5, 0.6) is 17.2 Å². The summed E-state index contributed by atoms with van der Waals surface area (Å²) in [7, 11) is 2.64. The number of benzene rings is 2. The van der Waals surface area contributed by atoms with Gasteiger partial charge in [-0.2, -0.15) is 0 Å². The highest BCUT2D eigenvalue weighted by atomic mass is 35.5. The maximum atomic E-state index is 14.3. The number of methoxy groups -OCH3 is 2. The number of amides is 1. The fraction of sp³-hybridized carbons (Fsp3) is 0.333. The Morgan fingerprint density at radius 2 is 1.87 bits per heavy atom. The molecule has 2 aromatic carbocycles. The number of likely N-dealkylation sites (tertiary alicyclic amines) is 1. The number of β-amino-alcohol motifs (C(OH)–C–C–N with tert-alkyl or cyclic N) is 1. The maximum Gasteiger partial charge on any atom is 0.328 e. The van der Waals surface area contributed by atoms with E-state index in [1.807, 2.05) is 0 Å². The van der Waals surface area contributed by atoms with Crippen LogP contribution in [-0.4, -0.2) is 54.8 Å². The second-order valence-corrected chi connectivity index (χ2v) is 6.82. The molecule has 1 fully saturated rings. The Balaban J connectivity index is 0.00000341. The number of nitrogens with zero attached hydrogens (tertiary/aromatic N) is 1. The van der Waals surface area contributed by atoms with Crippen molar-refractivity contribution in [3.8, 4) is 17.2 Å². The average Bonchev–Trinajstić information content (AvgIpc) is 3.15. The standard InChI is InChI=1S/C21H23FN2O6.ClH/c1-28-18-6-4-13(20(26)24-11-14(25)9-16(24)21(27)29-2)8-19(18)30-17-5-3-12(10-23)7-15(17)22;/h3-8,14,16,25H,9-11,23H2,1-2H3;1H/t14-,16+;/m1./s1. The van der Waals surface area contributed by atoms with Crippen molar-refractivity contribution in [3.63, 3.8) is 0 Å². The molecule has 0 radical (unpaired) electrons. The number of aliphatic hydroxyl groups is 1. The summed E-state index contributed by atoms with van der Waals surface area (Å²) < 4.78 is 29.9. The minimum Gasteiger partial charge on any atom is -0.493 e. The first-order valence-electron chi connectivity index (χ1n) is 9.29. The summed E-state index contributed by atoms with van der Waals surface area (Å²) >= 11 is 0. The van der Waals surface area contributed by atoms with Crippen molar-refractivity contribution >= 4 is 24.3 Å². The number of carbonyl (C=O) groups is 2. The summed E-state index contributed by atoms with van der Waals surface area (Å²) in [5, 5.41) is 9.92.